The lowest BCUT2D eigenvalue weighted by atomic mass is 10.2. The highest BCUT2D eigenvalue weighted by Crippen LogP contribution is 2.21. The van der Waals surface area contributed by atoms with Crippen LogP contribution < -0.4 is 5.32 Å². The molecule has 0 spiro atoms. The van der Waals surface area contributed by atoms with E-state index in [1.165, 1.54) is 0 Å². The molecule has 0 saturated carbocycles. The Morgan fingerprint density at radius 1 is 1.60 bits per heavy atom. The van der Waals surface area contributed by atoms with Crippen LogP contribution in [0.15, 0.2) is 15.9 Å². The monoisotopic (exact) mass is 246 g/mol. The van der Waals surface area contributed by atoms with Gasteiger partial charge in [-0.3, -0.25) is 0 Å². The SMILES string of the molecule is CC(C)NC(CO)CCSc1nccs1. The van der Waals surface area contributed by atoms with Gasteiger partial charge in [0.1, 0.15) is 4.34 Å². The summed E-state index contributed by atoms with van der Waals surface area (Å²) in [4.78, 5) is 4.20. The van der Waals surface area contributed by atoms with Crippen LogP contribution >= 0.6 is 23.1 Å². The van der Waals surface area contributed by atoms with Crippen LogP contribution in [-0.4, -0.2) is 34.5 Å². The van der Waals surface area contributed by atoms with Crippen LogP contribution in [0.2, 0.25) is 0 Å². The van der Waals surface area contributed by atoms with E-state index in [0.717, 1.165) is 16.5 Å². The fourth-order valence-electron chi connectivity index (χ4n) is 1.27. The highest BCUT2D eigenvalue weighted by molar-refractivity contribution is 8.00. The Morgan fingerprint density at radius 3 is 2.93 bits per heavy atom. The van der Waals surface area contributed by atoms with Crippen molar-refractivity contribution in [1.82, 2.24) is 10.3 Å². The molecular weight excluding hydrogens is 228 g/mol. The lowest BCUT2D eigenvalue weighted by Gasteiger charge is -2.18. The fourth-order valence-corrected chi connectivity index (χ4v) is 3.03. The zero-order chi connectivity index (χ0) is 11.1. The Hall–Kier alpha value is -0.100. The first-order valence-corrected chi connectivity index (χ1v) is 6.98. The van der Waals surface area contributed by atoms with Gasteiger partial charge >= 0.3 is 0 Å². The van der Waals surface area contributed by atoms with E-state index >= 15 is 0 Å². The molecule has 1 aromatic rings. The van der Waals surface area contributed by atoms with Gasteiger partial charge in [0, 0.05) is 29.4 Å². The third-order valence-electron chi connectivity index (χ3n) is 1.89. The summed E-state index contributed by atoms with van der Waals surface area (Å²) in [7, 11) is 0. The highest BCUT2D eigenvalue weighted by atomic mass is 32.2. The average Bonchev–Trinajstić information content (AvgIpc) is 2.68. The van der Waals surface area contributed by atoms with Crippen molar-refractivity contribution in [3.05, 3.63) is 11.6 Å². The van der Waals surface area contributed by atoms with Crippen LogP contribution in [0.3, 0.4) is 0 Å². The van der Waals surface area contributed by atoms with Crippen molar-refractivity contribution in [2.75, 3.05) is 12.4 Å². The molecule has 1 atom stereocenters. The molecule has 1 unspecified atom stereocenters. The standard InChI is InChI=1S/C10H18N2OS2/c1-8(2)12-9(7-13)3-5-14-10-11-4-6-15-10/h4,6,8-9,12-13H,3,5,7H2,1-2H3. The van der Waals surface area contributed by atoms with Crippen molar-refractivity contribution >= 4 is 23.1 Å². The van der Waals surface area contributed by atoms with Gasteiger partial charge < -0.3 is 10.4 Å². The lowest BCUT2D eigenvalue weighted by molar-refractivity contribution is 0.232. The summed E-state index contributed by atoms with van der Waals surface area (Å²) in [6, 6.07) is 0.629. The summed E-state index contributed by atoms with van der Waals surface area (Å²) in [5, 5.41) is 14.5. The molecule has 0 bridgehead atoms. The number of aliphatic hydroxyl groups is 1. The van der Waals surface area contributed by atoms with E-state index in [9.17, 15) is 0 Å². The Balaban J connectivity index is 2.17. The summed E-state index contributed by atoms with van der Waals surface area (Å²) in [5.74, 6) is 0.998. The number of nitrogens with zero attached hydrogens (tertiary/aromatic N) is 1. The quantitative estimate of drug-likeness (QED) is 0.722. The van der Waals surface area contributed by atoms with E-state index in [2.05, 4.69) is 24.1 Å². The predicted molar refractivity (Wildman–Crippen MR) is 66.6 cm³/mol. The summed E-state index contributed by atoms with van der Waals surface area (Å²) in [6.45, 7) is 4.39. The van der Waals surface area contributed by atoms with Gasteiger partial charge in [-0.2, -0.15) is 0 Å². The van der Waals surface area contributed by atoms with Gasteiger partial charge in [-0.25, -0.2) is 4.98 Å². The Bertz CT molecular complexity index is 252. The Labute approximate surface area is 99.3 Å². The molecule has 3 nitrogen and oxygen atoms in total. The molecule has 0 amide bonds. The van der Waals surface area contributed by atoms with Crippen molar-refractivity contribution in [3.63, 3.8) is 0 Å². The number of hydrogen-bond donors (Lipinski definition) is 2. The van der Waals surface area contributed by atoms with Crippen molar-refractivity contribution < 1.29 is 5.11 Å². The van der Waals surface area contributed by atoms with E-state index in [-0.39, 0.29) is 12.6 Å². The number of aliphatic hydroxyl groups excluding tert-OH is 1. The largest absolute Gasteiger partial charge is 0.395 e. The summed E-state index contributed by atoms with van der Waals surface area (Å²) in [6.07, 6.45) is 2.79. The van der Waals surface area contributed by atoms with Gasteiger partial charge in [0.25, 0.3) is 0 Å². The normalized spacial score (nSPS) is 13.3. The topological polar surface area (TPSA) is 45.1 Å². The van der Waals surface area contributed by atoms with Crippen molar-refractivity contribution in [2.45, 2.75) is 36.7 Å². The minimum atomic E-state index is 0.205. The van der Waals surface area contributed by atoms with Gasteiger partial charge in [-0.05, 0) is 6.42 Å². The zero-order valence-corrected chi connectivity index (χ0v) is 10.8. The first-order valence-electron chi connectivity index (χ1n) is 5.11. The second-order valence-corrected chi connectivity index (χ2v) is 5.87. The molecule has 0 fully saturated rings. The van der Waals surface area contributed by atoms with E-state index in [1.807, 2.05) is 11.6 Å². The molecule has 15 heavy (non-hydrogen) atoms. The van der Waals surface area contributed by atoms with Crippen molar-refractivity contribution in [1.29, 1.82) is 0 Å². The summed E-state index contributed by atoms with van der Waals surface area (Å²) < 4.78 is 1.11. The predicted octanol–water partition coefficient (Wildman–Crippen LogP) is 1.98. The molecular formula is C10H18N2OS2. The number of rotatable bonds is 7. The molecule has 0 aromatic carbocycles. The maximum absolute atomic E-state index is 9.15. The van der Waals surface area contributed by atoms with E-state index in [4.69, 9.17) is 5.11 Å². The fraction of sp³-hybridized carbons (Fsp3) is 0.700. The third-order valence-corrected chi connectivity index (χ3v) is 3.89. The molecule has 1 aromatic heterocycles. The molecule has 2 N–H and O–H groups in total. The van der Waals surface area contributed by atoms with Crippen LogP contribution in [0.5, 0.6) is 0 Å². The lowest BCUT2D eigenvalue weighted by Crippen LogP contribution is -2.37. The second kappa shape index (κ2) is 7.22. The zero-order valence-electron chi connectivity index (χ0n) is 9.14. The molecule has 1 heterocycles. The summed E-state index contributed by atoms with van der Waals surface area (Å²) >= 11 is 3.42. The summed E-state index contributed by atoms with van der Waals surface area (Å²) in [5.41, 5.74) is 0. The van der Waals surface area contributed by atoms with E-state index in [1.54, 1.807) is 23.1 Å². The second-order valence-electron chi connectivity index (χ2n) is 3.64. The van der Waals surface area contributed by atoms with Crippen LogP contribution in [0.25, 0.3) is 0 Å². The third kappa shape index (κ3) is 5.51. The van der Waals surface area contributed by atoms with E-state index in [0.29, 0.717) is 6.04 Å². The van der Waals surface area contributed by atoms with Gasteiger partial charge in [0.15, 0.2) is 0 Å². The number of hydrogen-bond acceptors (Lipinski definition) is 5. The first-order chi connectivity index (χ1) is 7.22. The molecule has 0 aliphatic heterocycles. The molecule has 5 heteroatoms. The number of thioether (sulfide) groups is 1. The van der Waals surface area contributed by atoms with Gasteiger partial charge in [0.05, 0.1) is 6.61 Å². The number of nitrogens with one attached hydrogen (secondary N) is 1. The van der Waals surface area contributed by atoms with Crippen molar-refractivity contribution in [3.8, 4) is 0 Å². The number of thiazole rings is 1. The molecule has 0 aliphatic carbocycles. The van der Waals surface area contributed by atoms with Gasteiger partial charge in [-0.15, -0.1) is 11.3 Å². The Kier molecular flexibility index (Phi) is 6.24. The van der Waals surface area contributed by atoms with E-state index < -0.39 is 0 Å². The average molecular weight is 246 g/mol. The molecule has 0 aliphatic rings. The molecule has 0 radical (unpaired) electrons. The number of aromatic nitrogens is 1. The first kappa shape index (κ1) is 13.0. The highest BCUT2D eigenvalue weighted by Gasteiger charge is 2.08. The van der Waals surface area contributed by atoms with Crippen LogP contribution in [-0.2, 0) is 0 Å². The van der Waals surface area contributed by atoms with Gasteiger partial charge in [-0.1, -0.05) is 25.6 Å². The van der Waals surface area contributed by atoms with Gasteiger partial charge in [0.2, 0.25) is 0 Å². The Morgan fingerprint density at radius 2 is 2.40 bits per heavy atom. The van der Waals surface area contributed by atoms with Crippen LogP contribution in [0.1, 0.15) is 20.3 Å². The molecule has 1 rings (SSSR count). The smallest absolute Gasteiger partial charge is 0.149 e. The molecule has 86 valence electrons. The minimum Gasteiger partial charge on any atom is -0.395 e. The minimum absolute atomic E-state index is 0.205. The van der Waals surface area contributed by atoms with Crippen LogP contribution in [0.4, 0.5) is 0 Å². The molecule has 0 saturated heterocycles. The maximum Gasteiger partial charge on any atom is 0.149 e. The maximum atomic E-state index is 9.15. The van der Waals surface area contributed by atoms with Crippen LogP contribution in [0, 0.1) is 0 Å². The van der Waals surface area contributed by atoms with Crippen molar-refractivity contribution in [2.24, 2.45) is 0 Å².